The van der Waals surface area contributed by atoms with Crippen molar-refractivity contribution >= 4 is 75.1 Å². The fourth-order valence-electron chi connectivity index (χ4n) is 8.67. The molecule has 8 aromatic carbocycles. The third-order valence-electron chi connectivity index (χ3n) is 11.2. The lowest BCUT2D eigenvalue weighted by Gasteiger charge is -2.15. The van der Waals surface area contributed by atoms with Gasteiger partial charge >= 0.3 is 0 Å². The maximum atomic E-state index is 5.41. The van der Waals surface area contributed by atoms with Gasteiger partial charge in [0.1, 0.15) is 0 Å². The first-order chi connectivity index (χ1) is 28.3. The monoisotopic (exact) mass is 745 g/mol. The lowest BCUT2D eigenvalue weighted by Crippen LogP contribution is -2.07. The summed E-state index contributed by atoms with van der Waals surface area (Å²) < 4.78 is 6.96. The van der Waals surface area contributed by atoms with E-state index in [2.05, 4.69) is 197 Å². The Morgan fingerprint density at radius 2 is 0.895 bits per heavy atom. The first-order valence-corrected chi connectivity index (χ1v) is 19.9. The molecule has 0 aliphatic carbocycles. The van der Waals surface area contributed by atoms with E-state index in [1.54, 1.807) is 11.3 Å². The van der Waals surface area contributed by atoms with Crippen LogP contribution in [0.3, 0.4) is 0 Å². The zero-order chi connectivity index (χ0) is 37.5. The number of benzene rings is 8. The Kier molecular flexibility index (Phi) is 7.03. The largest absolute Gasteiger partial charge is 0.309 e. The summed E-state index contributed by atoms with van der Waals surface area (Å²) >= 11 is 1.79. The predicted molar refractivity (Wildman–Crippen MR) is 238 cm³/mol. The molecule has 0 saturated heterocycles. The minimum atomic E-state index is 0.579. The van der Waals surface area contributed by atoms with E-state index >= 15 is 0 Å². The van der Waals surface area contributed by atoms with Crippen LogP contribution in [-0.2, 0) is 0 Å². The molecule has 4 heterocycles. The number of para-hydroxylation sites is 4. The van der Waals surface area contributed by atoms with Gasteiger partial charge in [0, 0.05) is 52.8 Å². The number of thiophene rings is 1. The fourth-order valence-corrected chi connectivity index (χ4v) is 9.88. The smallest absolute Gasteiger partial charge is 0.238 e. The minimum absolute atomic E-state index is 0.579. The topological polar surface area (TPSA) is 48.5 Å². The van der Waals surface area contributed by atoms with E-state index in [-0.39, 0.29) is 0 Å². The van der Waals surface area contributed by atoms with Crippen molar-refractivity contribution in [3.63, 3.8) is 0 Å². The molecule has 6 heteroatoms. The van der Waals surface area contributed by atoms with E-state index in [0.717, 1.165) is 54.4 Å². The number of hydrogen-bond acceptors (Lipinski definition) is 4. The summed E-state index contributed by atoms with van der Waals surface area (Å²) in [4.78, 5) is 16.2. The Morgan fingerprint density at radius 3 is 1.65 bits per heavy atom. The normalized spacial score (nSPS) is 11.9. The Labute approximate surface area is 331 Å². The van der Waals surface area contributed by atoms with Crippen LogP contribution in [-0.4, -0.2) is 24.1 Å². The summed E-state index contributed by atoms with van der Waals surface area (Å²) in [7, 11) is 0. The van der Waals surface area contributed by atoms with Gasteiger partial charge in [-0.25, -0.2) is 4.98 Å². The van der Waals surface area contributed by atoms with Crippen LogP contribution in [0.4, 0.5) is 0 Å². The van der Waals surface area contributed by atoms with E-state index in [0.29, 0.717) is 17.6 Å². The van der Waals surface area contributed by atoms with Crippen molar-refractivity contribution in [2.45, 2.75) is 0 Å². The molecule has 0 unspecified atom stereocenters. The molecule has 0 bridgehead atoms. The Bertz CT molecular complexity index is 3490. The highest BCUT2D eigenvalue weighted by Gasteiger charge is 2.22. The summed E-state index contributed by atoms with van der Waals surface area (Å²) in [5.74, 6) is 1.83. The lowest BCUT2D eigenvalue weighted by atomic mass is 10.0. The van der Waals surface area contributed by atoms with Crippen molar-refractivity contribution in [1.29, 1.82) is 0 Å². The van der Waals surface area contributed by atoms with Crippen molar-refractivity contribution in [3.8, 4) is 45.5 Å². The van der Waals surface area contributed by atoms with Gasteiger partial charge in [-0.1, -0.05) is 133 Å². The second kappa shape index (κ2) is 12.6. The number of hydrogen-bond donors (Lipinski definition) is 0. The molecule has 0 amide bonds. The highest BCUT2D eigenvalue weighted by molar-refractivity contribution is 7.26. The van der Waals surface area contributed by atoms with E-state index < -0.39 is 0 Å². The van der Waals surface area contributed by atoms with E-state index in [1.165, 1.54) is 37.4 Å². The van der Waals surface area contributed by atoms with Crippen LogP contribution >= 0.6 is 11.3 Å². The Morgan fingerprint density at radius 1 is 0.351 bits per heavy atom. The van der Waals surface area contributed by atoms with Gasteiger partial charge in [-0.05, 0) is 65.7 Å². The summed E-state index contributed by atoms with van der Waals surface area (Å²) in [6.07, 6.45) is 0. The number of fused-ring (bicyclic) bond motifs is 9. The average molecular weight is 746 g/mol. The van der Waals surface area contributed by atoms with Gasteiger partial charge in [-0.2, -0.15) is 9.97 Å². The first kappa shape index (κ1) is 31.9. The molecule has 5 nitrogen and oxygen atoms in total. The molecule has 57 heavy (non-hydrogen) atoms. The van der Waals surface area contributed by atoms with Crippen LogP contribution in [0.15, 0.2) is 188 Å². The van der Waals surface area contributed by atoms with Crippen molar-refractivity contribution in [2.75, 3.05) is 0 Å². The van der Waals surface area contributed by atoms with Crippen LogP contribution < -0.4 is 0 Å². The SMILES string of the molecule is c1ccc(-c2ccc3c(c2)c2ccccc2n3-c2ccccc2-c2nc(-c3cccc4c3sc3ccccc34)nc(-n3c4ccccc4c4ccccc43)n2)cc1. The van der Waals surface area contributed by atoms with Gasteiger partial charge in [0.2, 0.25) is 5.95 Å². The van der Waals surface area contributed by atoms with Gasteiger partial charge in [0.05, 0.1) is 27.8 Å². The maximum absolute atomic E-state index is 5.41. The average Bonchev–Trinajstić information content (AvgIpc) is 3.94. The molecule has 0 fully saturated rings. The quantitative estimate of drug-likeness (QED) is 0.176. The second-order valence-electron chi connectivity index (χ2n) is 14.4. The molecule has 266 valence electrons. The van der Waals surface area contributed by atoms with Crippen molar-refractivity contribution < 1.29 is 0 Å². The summed E-state index contributed by atoms with van der Waals surface area (Å²) in [6.45, 7) is 0. The van der Waals surface area contributed by atoms with Crippen LogP contribution in [0.2, 0.25) is 0 Å². The van der Waals surface area contributed by atoms with Gasteiger partial charge in [-0.15, -0.1) is 11.3 Å². The van der Waals surface area contributed by atoms with Crippen LogP contribution in [0.1, 0.15) is 0 Å². The number of nitrogens with zero attached hydrogens (tertiary/aromatic N) is 5. The number of aromatic nitrogens is 5. The van der Waals surface area contributed by atoms with Gasteiger partial charge in [0.25, 0.3) is 0 Å². The highest BCUT2D eigenvalue weighted by atomic mass is 32.1. The molecule has 0 aliphatic rings. The van der Waals surface area contributed by atoms with Gasteiger partial charge in [-0.3, -0.25) is 4.57 Å². The van der Waals surface area contributed by atoms with E-state index in [9.17, 15) is 0 Å². The summed E-state index contributed by atoms with van der Waals surface area (Å²) in [6, 6.07) is 66.6. The molecular weight excluding hydrogens is 715 g/mol. The molecule has 0 spiro atoms. The summed E-state index contributed by atoms with van der Waals surface area (Å²) in [5.41, 5.74) is 9.63. The zero-order valence-corrected chi connectivity index (χ0v) is 31.4. The van der Waals surface area contributed by atoms with Gasteiger partial charge in [0.15, 0.2) is 11.6 Å². The van der Waals surface area contributed by atoms with Crippen molar-refractivity contribution in [1.82, 2.24) is 24.1 Å². The zero-order valence-electron chi connectivity index (χ0n) is 30.5. The molecule has 0 aliphatic heterocycles. The lowest BCUT2D eigenvalue weighted by molar-refractivity contribution is 0.952. The van der Waals surface area contributed by atoms with E-state index in [1.807, 2.05) is 0 Å². The fraction of sp³-hybridized carbons (Fsp3) is 0. The molecule has 12 rings (SSSR count). The minimum Gasteiger partial charge on any atom is -0.309 e. The molecule has 4 aromatic heterocycles. The van der Waals surface area contributed by atoms with Crippen LogP contribution in [0, 0.1) is 0 Å². The Balaban J connectivity index is 1.15. The van der Waals surface area contributed by atoms with Crippen LogP contribution in [0.25, 0.3) is 109 Å². The molecule has 12 aromatic rings. The molecule has 0 radical (unpaired) electrons. The van der Waals surface area contributed by atoms with Crippen LogP contribution in [0.5, 0.6) is 0 Å². The first-order valence-electron chi connectivity index (χ1n) is 19.1. The molecule has 0 N–H and O–H groups in total. The molecule has 0 atom stereocenters. The molecule has 0 saturated carbocycles. The van der Waals surface area contributed by atoms with Crippen molar-refractivity contribution in [3.05, 3.63) is 188 Å². The Hall–Kier alpha value is -7.41. The molecular formula is C51H31N5S. The second-order valence-corrected chi connectivity index (χ2v) is 15.5. The highest BCUT2D eigenvalue weighted by Crippen LogP contribution is 2.41. The summed E-state index contributed by atoms with van der Waals surface area (Å²) in [5, 5.41) is 7.14. The predicted octanol–water partition coefficient (Wildman–Crippen LogP) is 13.4. The third-order valence-corrected chi connectivity index (χ3v) is 12.4. The van der Waals surface area contributed by atoms with Crippen molar-refractivity contribution in [2.24, 2.45) is 0 Å². The van der Waals surface area contributed by atoms with E-state index in [4.69, 9.17) is 15.0 Å². The maximum Gasteiger partial charge on any atom is 0.238 e. The number of rotatable bonds is 5. The standard InChI is InChI=1S/C51H31N5S/c1-2-15-32(16-3-1)33-29-30-46-41(31-33)36-19-6-9-24-42(36)55(46)45-27-12-7-21-39(45)49-52-50(40-23-14-22-38-37-20-8-13-28-47(37)57-48(38)40)54-51(53-49)56-43-25-10-4-17-34(43)35-18-5-11-26-44(35)56/h1-31H. The van der Waals surface area contributed by atoms with Gasteiger partial charge < -0.3 is 4.57 Å². The third kappa shape index (κ3) is 4.91.